The van der Waals surface area contributed by atoms with Gasteiger partial charge in [0.1, 0.15) is 0 Å². The summed E-state index contributed by atoms with van der Waals surface area (Å²) >= 11 is 4.00. The molecular formula is C9H19NOS. The maximum absolute atomic E-state index is 11.2. The molecule has 1 N–H and O–H groups in total. The summed E-state index contributed by atoms with van der Waals surface area (Å²) < 4.78 is 0. The summed E-state index contributed by atoms with van der Waals surface area (Å²) in [4.78, 5) is 11.2. The molecular weight excluding hydrogens is 170 g/mol. The van der Waals surface area contributed by atoms with Gasteiger partial charge in [0.2, 0.25) is 5.91 Å². The molecule has 72 valence electrons. The lowest BCUT2D eigenvalue weighted by Gasteiger charge is -2.20. The SMILES string of the molecule is CCC(NC(=O)CCS)C(C)C. The van der Waals surface area contributed by atoms with E-state index >= 15 is 0 Å². The minimum Gasteiger partial charge on any atom is -0.353 e. The summed E-state index contributed by atoms with van der Waals surface area (Å²) in [6, 6.07) is 0.317. The molecule has 2 nitrogen and oxygen atoms in total. The van der Waals surface area contributed by atoms with Crippen LogP contribution in [-0.2, 0) is 4.79 Å². The van der Waals surface area contributed by atoms with Gasteiger partial charge in [-0.2, -0.15) is 12.6 Å². The van der Waals surface area contributed by atoms with Crippen LogP contribution in [0.3, 0.4) is 0 Å². The maximum atomic E-state index is 11.2. The number of amides is 1. The van der Waals surface area contributed by atoms with E-state index in [2.05, 4.69) is 38.7 Å². The van der Waals surface area contributed by atoms with E-state index in [4.69, 9.17) is 0 Å². The van der Waals surface area contributed by atoms with E-state index in [1.165, 1.54) is 0 Å². The van der Waals surface area contributed by atoms with Crippen molar-refractivity contribution in [1.82, 2.24) is 5.32 Å². The van der Waals surface area contributed by atoms with Gasteiger partial charge in [-0.05, 0) is 18.1 Å². The van der Waals surface area contributed by atoms with E-state index in [0.717, 1.165) is 6.42 Å². The van der Waals surface area contributed by atoms with Crippen molar-refractivity contribution >= 4 is 18.5 Å². The molecule has 0 aliphatic carbocycles. The molecule has 1 atom stereocenters. The molecule has 0 rings (SSSR count). The van der Waals surface area contributed by atoms with Crippen molar-refractivity contribution in [3.63, 3.8) is 0 Å². The Labute approximate surface area is 80.5 Å². The normalized spacial score (nSPS) is 13.1. The second-order valence-corrected chi connectivity index (χ2v) is 3.75. The predicted molar refractivity (Wildman–Crippen MR) is 55.5 cm³/mol. The Balaban J connectivity index is 3.77. The second kappa shape index (κ2) is 6.35. The summed E-state index contributed by atoms with van der Waals surface area (Å²) in [5.74, 6) is 1.25. The highest BCUT2D eigenvalue weighted by Crippen LogP contribution is 2.05. The highest BCUT2D eigenvalue weighted by molar-refractivity contribution is 7.80. The second-order valence-electron chi connectivity index (χ2n) is 3.30. The molecule has 0 saturated heterocycles. The quantitative estimate of drug-likeness (QED) is 0.635. The van der Waals surface area contributed by atoms with Gasteiger partial charge in [-0.15, -0.1) is 0 Å². The monoisotopic (exact) mass is 189 g/mol. The van der Waals surface area contributed by atoms with Crippen molar-refractivity contribution in [1.29, 1.82) is 0 Å². The molecule has 0 bridgehead atoms. The number of carbonyl (C=O) groups excluding carboxylic acids is 1. The van der Waals surface area contributed by atoms with Crippen LogP contribution in [0, 0.1) is 5.92 Å². The predicted octanol–water partition coefficient (Wildman–Crippen LogP) is 1.86. The number of hydrogen-bond donors (Lipinski definition) is 2. The smallest absolute Gasteiger partial charge is 0.221 e. The Morgan fingerprint density at radius 1 is 1.50 bits per heavy atom. The Kier molecular flexibility index (Phi) is 6.25. The Morgan fingerprint density at radius 3 is 2.42 bits per heavy atom. The molecule has 3 heteroatoms. The van der Waals surface area contributed by atoms with Crippen LogP contribution in [0.15, 0.2) is 0 Å². The van der Waals surface area contributed by atoms with Crippen molar-refractivity contribution < 1.29 is 4.79 Å². The van der Waals surface area contributed by atoms with Crippen LogP contribution in [0.5, 0.6) is 0 Å². The lowest BCUT2D eigenvalue weighted by atomic mass is 10.0. The van der Waals surface area contributed by atoms with Gasteiger partial charge < -0.3 is 5.32 Å². The van der Waals surface area contributed by atoms with Crippen LogP contribution in [-0.4, -0.2) is 17.7 Å². The van der Waals surface area contributed by atoms with E-state index < -0.39 is 0 Å². The van der Waals surface area contributed by atoms with E-state index in [1.54, 1.807) is 0 Å². The van der Waals surface area contributed by atoms with Gasteiger partial charge in [-0.1, -0.05) is 20.8 Å². The first-order valence-corrected chi connectivity index (χ1v) is 5.15. The lowest BCUT2D eigenvalue weighted by Crippen LogP contribution is -2.38. The fraction of sp³-hybridized carbons (Fsp3) is 0.889. The van der Waals surface area contributed by atoms with E-state index in [1.807, 2.05) is 0 Å². The summed E-state index contributed by atoms with van der Waals surface area (Å²) in [5, 5.41) is 2.98. The maximum Gasteiger partial charge on any atom is 0.221 e. The van der Waals surface area contributed by atoms with Crippen LogP contribution in [0.1, 0.15) is 33.6 Å². The zero-order valence-corrected chi connectivity index (χ0v) is 9.03. The van der Waals surface area contributed by atoms with Crippen molar-refractivity contribution in [2.24, 2.45) is 5.92 Å². The molecule has 1 amide bonds. The number of thiol groups is 1. The number of hydrogen-bond acceptors (Lipinski definition) is 2. The average Bonchev–Trinajstić information content (AvgIpc) is 2.00. The first-order chi connectivity index (χ1) is 5.61. The van der Waals surface area contributed by atoms with Crippen molar-refractivity contribution in [2.75, 3.05) is 5.75 Å². The van der Waals surface area contributed by atoms with E-state index in [-0.39, 0.29) is 5.91 Å². The lowest BCUT2D eigenvalue weighted by molar-refractivity contribution is -0.121. The first-order valence-electron chi connectivity index (χ1n) is 4.52. The Bertz CT molecular complexity index is 136. The number of rotatable bonds is 5. The van der Waals surface area contributed by atoms with Gasteiger partial charge in [0.25, 0.3) is 0 Å². The minimum atomic E-state index is 0.116. The Hall–Kier alpha value is -0.180. The third-order valence-corrected chi connectivity index (χ3v) is 2.15. The molecule has 1 unspecified atom stereocenters. The van der Waals surface area contributed by atoms with Gasteiger partial charge in [-0.3, -0.25) is 4.79 Å². The van der Waals surface area contributed by atoms with Gasteiger partial charge in [0.15, 0.2) is 0 Å². The zero-order chi connectivity index (χ0) is 9.56. The van der Waals surface area contributed by atoms with Gasteiger partial charge in [0, 0.05) is 12.5 Å². The topological polar surface area (TPSA) is 29.1 Å². The highest BCUT2D eigenvalue weighted by Gasteiger charge is 2.12. The first kappa shape index (κ1) is 11.8. The fourth-order valence-electron chi connectivity index (χ4n) is 1.12. The van der Waals surface area contributed by atoms with E-state index in [0.29, 0.717) is 24.1 Å². The van der Waals surface area contributed by atoms with Crippen molar-refractivity contribution in [3.8, 4) is 0 Å². The minimum absolute atomic E-state index is 0.116. The summed E-state index contributed by atoms with van der Waals surface area (Å²) in [6.07, 6.45) is 1.52. The molecule has 0 aromatic heterocycles. The fourth-order valence-corrected chi connectivity index (χ4v) is 1.32. The molecule has 0 aliphatic heterocycles. The molecule has 0 spiro atoms. The van der Waals surface area contributed by atoms with Crippen LogP contribution >= 0.6 is 12.6 Å². The molecule has 12 heavy (non-hydrogen) atoms. The standard InChI is InChI=1S/C9H19NOS/c1-4-8(7(2)3)10-9(11)5-6-12/h7-8,12H,4-6H2,1-3H3,(H,10,11). The van der Waals surface area contributed by atoms with Gasteiger partial charge >= 0.3 is 0 Å². The van der Waals surface area contributed by atoms with Gasteiger partial charge in [-0.25, -0.2) is 0 Å². The Morgan fingerprint density at radius 2 is 2.08 bits per heavy atom. The molecule has 0 heterocycles. The largest absolute Gasteiger partial charge is 0.353 e. The van der Waals surface area contributed by atoms with Crippen molar-refractivity contribution in [2.45, 2.75) is 39.7 Å². The zero-order valence-electron chi connectivity index (χ0n) is 8.13. The molecule has 0 aromatic carbocycles. The average molecular weight is 189 g/mol. The molecule has 0 saturated carbocycles. The van der Waals surface area contributed by atoms with Crippen LogP contribution in [0.2, 0.25) is 0 Å². The number of carbonyl (C=O) groups is 1. The summed E-state index contributed by atoms with van der Waals surface area (Å²) in [5.41, 5.74) is 0. The van der Waals surface area contributed by atoms with E-state index in [9.17, 15) is 4.79 Å². The van der Waals surface area contributed by atoms with Crippen LogP contribution in [0.4, 0.5) is 0 Å². The molecule has 0 fully saturated rings. The van der Waals surface area contributed by atoms with Crippen LogP contribution < -0.4 is 5.32 Å². The number of nitrogens with one attached hydrogen (secondary N) is 1. The third-order valence-electron chi connectivity index (χ3n) is 1.93. The molecule has 0 radical (unpaired) electrons. The summed E-state index contributed by atoms with van der Waals surface area (Å²) in [6.45, 7) is 6.33. The highest BCUT2D eigenvalue weighted by atomic mass is 32.1. The van der Waals surface area contributed by atoms with Gasteiger partial charge in [0.05, 0.1) is 0 Å². The van der Waals surface area contributed by atoms with Crippen LogP contribution in [0.25, 0.3) is 0 Å². The molecule has 0 aromatic rings. The summed E-state index contributed by atoms with van der Waals surface area (Å²) in [7, 11) is 0. The van der Waals surface area contributed by atoms with Crippen molar-refractivity contribution in [3.05, 3.63) is 0 Å². The third kappa shape index (κ3) is 4.65. The molecule has 0 aliphatic rings.